The minimum absolute atomic E-state index is 0.119. The Kier molecular flexibility index (Phi) is 3.51. The Labute approximate surface area is 144 Å². The van der Waals surface area contributed by atoms with Crippen LogP contribution in [0.25, 0.3) is 6.08 Å². The highest BCUT2D eigenvalue weighted by Gasteiger charge is 2.35. The number of amidine groups is 1. The number of hydrogen-bond donors (Lipinski definition) is 1. The number of benzene rings is 1. The molecular weight excluding hydrogens is 358 g/mol. The summed E-state index contributed by atoms with van der Waals surface area (Å²) in [4.78, 5) is 18.3. The van der Waals surface area contributed by atoms with E-state index in [2.05, 4.69) is 4.98 Å². The average Bonchev–Trinajstić information content (AvgIpc) is 3.22. The third kappa shape index (κ3) is 2.48. The molecule has 3 heterocycles. The van der Waals surface area contributed by atoms with Crippen molar-refractivity contribution in [3.8, 4) is 11.5 Å². The first kappa shape index (κ1) is 14.6. The van der Waals surface area contributed by atoms with Crippen molar-refractivity contribution in [1.82, 2.24) is 4.98 Å². The van der Waals surface area contributed by atoms with Crippen molar-refractivity contribution in [3.63, 3.8) is 0 Å². The standard InChI is InChI=1S/C14H8ClN3O3S2/c15-8-5-10-9(20-6-21-10)3-7(8)4-11-12(19)18(13(16)23-11)14-17-1-2-22-14/h1-5,16H,6H2/b11-4-,16-13?. The van der Waals surface area contributed by atoms with Crippen LogP contribution in [0.15, 0.2) is 28.6 Å². The van der Waals surface area contributed by atoms with Gasteiger partial charge in [-0.3, -0.25) is 10.2 Å². The smallest absolute Gasteiger partial charge is 0.273 e. The number of carbonyl (C=O) groups excluding carboxylic acids is 1. The molecule has 0 radical (unpaired) electrons. The predicted molar refractivity (Wildman–Crippen MR) is 90.5 cm³/mol. The minimum atomic E-state index is -0.288. The van der Waals surface area contributed by atoms with E-state index >= 15 is 0 Å². The van der Waals surface area contributed by atoms with Gasteiger partial charge in [0.1, 0.15) is 0 Å². The molecule has 1 saturated heterocycles. The maximum absolute atomic E-state index is 12.5. The van der Waals surface area contributed by atoms with Gasteiger partial charge in [0.15, 0.2) is 21.8 Å². The topological polar surface area (TPSA) is 75.5 Å². The molecule has 1 aromatic heterocycles. The fraction of sp³-hybridized carbons (Fsp3) is 0.0714. The lowest BCUT2D eigenvalue weighted by Crippen LogP contribution is -2.27. The van der Waals surface area contributed by atoms with Crippen molar-refractivity contribution in [1.29, 1.82) is 5.41 Å². The van der Waals surface area contributed by atoms with Gasteiger partial charge in [0, 0.05) is 17.6 Å². The van der Waals surface area contributed by atoms with Crippen LogP contribution in [0.5, 0.6) is 11.5 Å². The van der Waals surface area contributed by atoms with Gasteiger partial charge >= 0.3 is 0 Å². The molecule has 1 amide bonds. The highest BCUT2D eigenvalue weighted by molar-refractivity contribution is 8.19. The van der Waals surface area contributed by atoms with Crippen LogP contribution in [0, 0.1) is 5.41 Å². The second kappa shape index (κ2) is 5.55. The number of thiazole rings is 1. The summed E-state index contributed by atoms with van der Waals surface area (Å²) in [5, 5.41) is 10.8. The van der Waals surface area contributed by atoms with E-state index in [1.54, 1.807) is 29.8 Å². The maximum atomic E-state index is 12.5. The normalized spacial score (nSPS) is 18.3. The second-order valence-corrected chi connectivity index (χ2v) is 6.91. The summed E-state index contributed by atoms with van der Waals surface area (Å²) in [6, 6.07) is 3.38. The van der Waals surface area contributed by atoms with E-state index in [0.29, 0.717) is 32.1 Å². The monoisotopic (exact) mass is 365 g/mol. The molecule has 1 aromatic carbocycles. The average molecular weight is 366 g/mol. The zero-order valence-electron chi connectivity index (χ0n) is 11.4. The van der Waals surface area contributed by atoms with Gasteiger partial charge in [0.25, 0.3) is 5.91 Å². The number of anilines is 1. The Hall–Kier alpha value is -2.03. The molecule has 1 N–H and O–H groups in total. The summed E-state index contributed by atoms with van der Waals surface area (Å²) in [5.74, 6) is 0.881. The summed E-state index contributed by atoms with van der Waals surface area (Å²) in [6.07, 6.45) is 3.25. The number of fused-ring (bicyclic) bond motifs is 1. The molecule has 9 heteroatoms. The second-order valence-electron chi connectivity index (χ2n) is 4.60. The molecule has 23 heavy (non-hydrogen) atoms. The molecule has 4 rings (SSSR count). The molecule has 0 atom stereocenters. The van der Waals surface area contributed by atoms with Crippen molar-refractivity contribution < 1.29 is 14.3 Å². The summed E-state index contributed by atoms with van der Waals surface area (Å²) in [6.45, 7) is 0.155. The van der Waals surface area contributed by atoms with Crippen molar-refractivity contribution in [3.05, 3.63) is 39.2 Å². The number of rotatable bonds is 2. The zero-order valence-corrected chi connectivity index (χ0v) is 13.8. The number of hydrogen-bond acceptors (Lipinski definition) is 7. The van der Waals surface area contributed by atoms with E-state index in [1.807, 2.05) is 0 Å². The van der Waals surface area contributed by atoms with E-state index in [4.69, 9.17) is 26.5 Å². The molecular formula is C14H8ClN3O3S2. The Morgan fingerprint density at radius 1 is 1.35 bits per heavy atom. The van der Waals surface area contributed by atoms with Gasteiger partial charge in [-0.15, -0.1) is 11.3 Å². The van der Waals surface area contributed by atoms with Gasteiger partial charge < -0.3 is 9.47 Å². The molecule has 2 aromatic rings. The first-order chi connectivity index (χ1) is 11.1. The summed E-state index contributed by atoms with van der Waals surface area (Å²) < 4.78 is 10.6. The van der Waals surface area contributed by atoms with Crippen LogP contribution >= 0.6 is 34.7 Å². The van der Waals surface area contributed by atoms with Gasteiger partial charge in [0.2, 0.25) is 6.79 Å². The molecule has 2 aliphatic rings. The molecule has 1 fully saturated rings. The maximum Gasteiger partial charge on any atom is 0.273 e. The number of halogens is 1. The largest absolute Gasteiger partial charge is 0.454 e. The number of thioether (sulfide) groups is 1. The van der Waals surface area contributed by atoms with Crippen molar-refractivity contribution in [2.45, 2.75) is 0 Å². The Morgan fingerprint density at radius 3 is 2.87 bits per heavy atom. The molecule has 116 valence electrons. The number of amides is 1. The van der Waals surface area contributed by atoms with E-state index in [9.17, 15) is 4.79 Å². The first-order valence-corrected chi connectivity index (χ1v) is 8.52. The minimum Gasteiger partial charge on any atom is -0.454 e. The third-order valence-corrected chi connectivity index (χ3v) is 5.18. The zero-order chi connectivity index (χ0) is 16.0. The summed E-state index contributed by atoms with van der Waals surface area (Å²) in [7, 11) is 0. The highest BCUT2D eigenvalue weighted by Crippen LogP contribution is 2.40. The number of nitrogens with zero attached hydrogens (tertiary/aromatic N) is 2. The number of aromatic nitrogens is 1. The third-order valence-electron chi connectivity index (χ3n) is 3.21. The van der Waals surface area contributed by atoms with E-state index < -0.39 is 0 Å². The summed E-state index contributed by atoms with van der Waals surface area (Å²) in [5.41, 5.74) is 0.639. The summed E-state index contributed by atoms with van der Waals surface area (Å²) >= 11 is 8.61. The Morgan fingerprint density at radius 2 is 2.13 bits per heavy atom. The van der Waals surface area contributed by atoms with E-state index in [-0.39, 0.29) is 17.9 Å². The fourth-order valence-electron chi connectivity index (χ4n) is 2.17. The predicted octanol–water partition coefficient (Wildman–Crippen LogP) is 3.58. The van der Waals surface area contributed by atoms with Crippen LogP contribution in [0.1, 0.15) is 5.56 Å². The fourth-order valence-corrected chi connectivity index (χ4v) is 3.92. The van der Waals surface area contributed by atoms with Gasteiger partial charge in [-0.05, 0) is 29.5 Å². The molecule has 0 aliphatic carbocycles. The van der Waals surface area contributed by atoms with Crippen LogP contribution in [0.2, 0.25) is 5.02 Å². The highest BCUT2D eigenvalue weighted by atomic mass is 35.5. The van der Waals surface area contributed by atoms with Gasteiger partial charge in [-0.1, -0.05) is 11.6 Å². The molecule has 0 saturated carbocycles. The lowest BCUT2D eigenvalue weighted by molar-refractivity contribution is -0.113. The van der Waals surface area contributed by atoms with Crippen molar-refractivity contribution in [2.75, 3.05) is 11.7 Å². The van der Waals surface area contributed by atoms with Crippen LogP contribution in [0.4, 0.5) is 5.13 Å². The van der Waals surface area contributed by atoms with Crippen molar-refractivity contribution in [2.24, 2.45) is 0 Å². The van der Waals surface area contributed by atoms with Crippen LogP contribution in [0.3, 0.4) is 0 Å². The van der Waals surface area contributed by atoms with E-state index in [1.165, 1.54) is 16.2 Å². The molecule has 6 nitrogen and oxygen atoms in total. The molecule has 0 spiro atoms. The number of nitrogens with one attached hydrogen (secondary N) is 1. The van der Waals surface area contributed by atoms with E-state index in [0.717, 1.165) is 11.8 Å². The lowest BCUT2D eigenvalue weighted by atomic mass is 10.2. The molecule has 2 aliphatic heterocycles. The van der Waals surface area contributed by atoms with Gasteiger partial charge in [-0.25, -0.2) is 9.88 Å². The number of carbonyl (C=O) groups is 1. The lowest BCUT2D eigenvalue weighted by Gasteiger charge is -2.09. The van der Waals surface area contributed by atoms with Crippen LogP contribution in [-0.2, 0) is 4.79 Å². The SMILES string of the molecule is N=C1S/C(=C\c2cc3c(cc2Cl)OCO3)C(=O)N1c1nccs1. The Balaban J connectivity index is 1.70. The number of ether oxygens (including phenoxy) is 2. The van der Waals surface area contributed by atoms with Gasteiger partial charge in [-0.2, -0.15) is 0 Å². The quantitative estimate of drug-likeness (QED) is 0.823. The van der Waals surface area contributed by atoms with Crippen LogP contribution in [-0.4, -0.2) is 22.9 Å². The Bertz CT molecular complexity index is 851. The van der Waals surface area contributed by atoms with Gasteiger partial charge in [0.05, 0.1) is 9.93 Å². The molecule has 0 unspecified atom stereocenters. The molecule has 0 bridgehead atoms. The van der Waals surface area contributed by atoms with Crippen molar-refractivity contribution >= 4 is 57.0 Å². The first-order valence-electron chi connectivity index (χ1n) is 6.44. The van der Waals surface area contributed by atoms with Crippen LogP contribution < -0.4 is 14.4 Å².